The number of aromatic nitrogens is 2. The van der Waals surface area contributed by atoms with E-state index < -0.39 is 0 Å². The quantitative estimate of drug-likeness (QED) is 0.736. The summed E-state index contributed by atoms with van der Waals surface area (Å²) in [5.41, 5.74) is 2.04. The Bertz CT molecular complexity index is 687. The van der Waals surface area contributed by atoms with Gasteiger partial charge in [-0.2, -0.15) is 4.98 Å². The van der Waals surface area contributed by atoms with Crippen molar-refractivity contribution in [3.63, 3.8) is 0 Å². The van der Waals surface area contributed by atoms with Crippen molar-refractivity contribution >= 4 is 5.91 Å². The van der Waals surface area contributed by atoms with Crippen LogP contribution in [0.15, 0.2) is 36.4 Å². The zero-order valence-corrected chi connectivity index (χ0v) is 15.5. The first-order chi connectivity index (χ1) is 12.0. The second kappa shape index (κ2) is 9.16. The molecule has 25 heavy (non-hydrogen) atoms. The average Bonchev–Trinajstić information content (AvgIpc) is 2.64. The number of amides is 1. The zero-order chi connectivity index (χ0) is 18.2. The van der Waals surface area contributed by atoms with Crippen molar-refractivity contribution in [3.8, 4) is 5.88 Å². The lowest BCUT2D eigenvalue weighted by molar-refractivity contribution is -0.133. The number of carbonyl (C=O) groups is 1. The summed E-state index contributed by atoms with van der Waals surface area (Å²) in [6, 6.07) is 11.8. The van der Waals surface area contributed by atoms with E-state index in [1.807, 2.05) is 50.2 Å². The molecule has 0 bridgehead atoms. The molecule has 5 nitrogen and oxygen atoms in total. The van der Waals surface area contributed by atoms with E-state index in [1.165, 1.54) is 0 Å². The maximum atomic E-state index is 12.5. The maximum Gasteiger partial charge on any atom is 0.260 e. The molecule has 1 aromatic carbocycles. The lowest BCUT2D eigenvalue weighted by Gasteiger charge is -2.21. The normalized spacial score (nSPS) is 10.8. The summed E-state index contributed by atoms with van der Waals surface area (Å²) < 4.78 is 5.68. The molecule has 0 aliphatic heterocycles. The fourth-order valence-corrected chi connectivity index (χ4v) is 2.43. The molecule has 2 rings (SSSR count). The third-order valence-corrected chi connectivity index (χ3v) is 3.97. The summed E-state index contributed by atoms with van der Waals surface area (Å²) in [6.45, 7) is 9.34. The Kier molecular flexibility index (Phi) is 6.92. The van der Waals surface area contributed by atoms with Gasteiger partial charge in [-0.15, -0.1) is 0 Å². The Hall–Kier alpha value is -2.43. The summed E-state index contributed by atoms with van der Waals surface area (Å²) in [5.74, 6) is 1.45. The van der Waals surface area contributed by atoms with Gasteiger partial charge in [-0.1, -0.05) is 51.1 Å². The number of hydrogen-bond acceptors (Lipinski definition) is 4. The number of benzene rings is 1. The van der Waals surface area contributed by atoms with Crippen LogP contribution in [0.25, 0.3) is 0 Å². The molecule has 1 amide bonds. The molecule has 134 valence electrons. The predicted octanol–water partition coefficient (Wildman–Crippen LogP) is 3.59. The van der Waals surface area contributed by atoms with Gasteiger partial charge in [-0.25, -0.2) is 4.98 Å². The van der Waals surface area contributed by atoms with Gasteiger partial charge in [0.2, 0.25) is 5.88 Å². The van der Waals surface area contributed by atoms with E-state index in [2.05, 4.69) is 23.8 Å². The number of rotatable bonds is 8. The second-order valence-corrected chi connectivity index (χ2v) is 6.24. The number of carbonyl (C=O) groups excluding carboxylic acids is 1. The van der Waals surface area contributed by atoms with Gasteiger partial charge < -0.3 is 9.64 Å². The van der Waals surface area contributed by atoms with Crippen molar-refractivity contribution in [2.24, 2.45) is 0 Å². The zero-order valence-electron chi connectivity index (χ0n) is 15.5. The number of hydrogen-bond donors (Lipinski definition) is 0. The molecule has 1 heterocycles. The fraction of sp³-hybridized carbons (Fsp3) is 0.450. The van der Waals surface area contributed by atoms with Gasteiger partial charge in [-0.05, 0) is 18.4 Å². The van der Waals surface area contributed by atoms with Gasteiger partial charge in [0.15, 0.2) is 6.61 Å². The van der Waals surface area contributed by atoms with Gasteiger partial charge in [0.25, 0.3) is 5.91 Å². The van der Waals surface area contributed by atoms with Crippen molar-refractivity contribution in [2.45, 2.75) is 46.6 Å². The second-order valence-electron chi connectivity index (χ2n) is 6.24. The molecule has 0 spiro atoms. The van der Waals surface area contributed by atoms with Crippen LogP contribution in [0.1, 0.15) is 50.7 Å². The lowest BCUT2D eigenvalue weighted by atomic mass is 10.1. The third kappa shape index (κ3) is 5.55. The summed E-state index contributed by atoms with van der Waals surface area (Å²) in [5, 5.41) is 0. The largest absolute Gasteiger partial charge is 0.467 e. The Morgan fingerprint density at radius 2 is 1.88 bits per heavy atom. The first kappa shape index (κ1) is 18.9. The van der Waals surface area contributed by atoms with E-state index in [0.717, 1.165) is 23.5 Å². The number of aryl methyl sites for hydroxylation is 1. The molecule has 0 radical (unpaired) electrons. The van der Waals surface area contributed by atoms with Crippen LogP contribution in [0, 0.1) is 0 Å². The van der Waals surface area contributed by atoms with E-state index in [9.17, 15) is 4.79 Å². The molecule has 0 atom stereocenters. The Morgan fingerprint density at radius 1 is 1.16 bits per heavy atom. The Balaban J connectivity index is 2.01. The average molecular weight is 341 g/mol. The van der Waals surface area contributed by atoms with Gasteiger partial charge >= 0.3 is 0 Å². The van der Waals surface area contributed by atoms with Gasteiger partial charge in [0, 0.05) is 25.6 Å². The van der Waals surface area contributed by atoms with Gasteiger partial charge in [-0.3, -0.25) is 4.79 Å². The van der Waals surface area contributed by atoms with Crippen LogP contribution in [0.3, 0.4) is 0 Å². The summed E-state index contributed by atoms with van der Waals surface area (Å²) >= 11 is 0. The van der Waals surface area contributed by atoms with Crippen LogP contribution in [0.5, 0.6) is 5.88 Å². The summed E-state index contributed by atoms with van der Waals surface area (Å²) in [6.07, 6.45) is 0.736. The van der Waals surface area contributed by atoms with Crippen molar-refractivity contribution in [3.05, 3.63) is 53.5 Å². The molecule has 5 heteroatoms. The molecular weight excluding hydrogens is 314 g/mol. The molecule has 0 saturated carbocycles. The van der Waals surface area contributed by atoms with Crippen molar-refractivity contribution in [1.29, 1.82) is 0 Å². The minimum Gasteiger partial charge on any atom is -0.467 e. The Labute approximate surface area is 150 Å². The number of likely N-dealkylation sites (N-methyl/N-ethyl adjacent to an activating group) is 1. The molecule has 0 fully saturated rings. The van der Waals surface area contributed by atoms with E-state index in [-0.39, 0.29) is 18.4 Å². The van der Waals surface area contributed by atoms with E-state index in [4.69, 9.17) is 4.74 Å². The number of ether oxygens (including phenoxy) is 1. The van der Waals surface area contributed by atoms with Crippen LogP contribution < -0.4 is 4.74 Å². The first-order valence-electron chi connectivity index (χ1n) is 8.85. The van der Waals surface area contributed by atoms with Crippen LogP contribution in [-0.2, 0) is 17.8 Å². The monoisotopic (exact) mass is 341 g/mol. The molecule has 0 aliphatic rings. The summed E-state index contributed by atoms with van der Waals surface area (Å²) in [7, 11) is 0. The SMILES string of the molecule is CCc1nc(OCC(=O)N(CC)Cc2ccccc2)cc(C(C)C)n1. The first-order valence-corrected chi connectivity index (χ1v) is 8.85. The molecular formula is C20H27N3O2. The van der Waals surface area contributed by atoms with Crippen molar-refractivity contribution in [2.75, 3.05) is 13.2 Å². The topological polar surface area (TPSA) is 55.3 Å². The van der Waals surface area contributed by atoms with Crippen LogP contribution >= 0.6 is 0 Å². The molecule has 1 aromatic heterocycles. The van der Waals surface area contributed by atoms with Gasteiger partial charge in [0.05, 0.1) is 5.69 Å². The minimum absolute atomic E-state index is 0.0155. The standard InChI is InChI=1S/C20H27N3O2/c1-5-18-21-17(15(3)4)12-19(22-18)25-14-20(24)23(6-2)13-16-10-8-7-9-11-16/h7-12,15H,5-6,13-14H2,1-4H3. The van der Waals surface area contributed by atoms with E-state index in [1.54, 1.807) is 4.90 Å². The highest BCUT2D eigenvalue weighted by Gasteiger charge is 2.14. The maximum absolute atomic E-state index is 12.5. The van der Waals surface area contributed by atoms with Crippen molar-refractivity contribution in [1.82, 2.24) is 14.9 Å². The molecule has 0 aliphatic carbocycles. The lowest BCUT2D eigenvalue weighted by Crippen LogP contribution is -2.34. The molecule has 0 N–H and O–H groups in total. The van der Waals surface area contributed by atoms with Crippen LogP contribution in [-0.4, -0.2) is 33.9 Å². The highest BCUT2D eigenvalue weighted by molar-refractivity contribution is 5.77. The molecule has 0 saturated heterocycles. The number of nitrogens with zero attached hydrogens (tertiary/aromatic N) is 3. The van der Waals surface area contributed by atoms with Crippen molar-refractivity contribution < 1.29 is 9.53 Å². The summed E-state index contributed by atoms with van der Waals surface area (Å²) in [4.78, 5) is 23.1. The highest BCUT2D eigenvalue weighted by atomic mass is 16.5. The third-order valence-electron chi connectivity index (χ3n) is 3.97. The predicted molar refractivity (Wildman–Crippen MR) is 98.5 cm³/mol. The van der Waals surface area contributed by atoms with Crippen LogP contribution in [0.2, 0.25) is 0 Å². The van der Waals surface area contributed by atoms with Crippen LogP contribution in [0.4, 0.5) is 0 Å². The molecule has 0 unspecified atom stereocenters. The van der Waals surface area contributed by atoms with E-state index in [0.29, 0.717) is 19.0 Å². The highest BCUT2D eigenvalue weighted by Crippen LogP contribution is 2.17. The van der Waals surface area contributed by atoms with E-state index >= 15 is 0 Å². The minimum atomic E-state index is -0.0471. The smallest absolute Gasteiger partial charge is 0.260 e. The van der Waals surface area contributed by atoms with Gasteiger partial charge in [0.1, 0.15) is 5.82 Å². The molecule has 2 aromatic rings. The Morgan fingerprint density at radius 3 is 2.48 bits per heavy atom. The fourth-order valence-electron chi connectivity index (χ4n) is 2.43.